The molecule has 3 rings (SSSR count). The number of amides is 1. The summed E-state index contributed by atoms with van der Waals surface area (Å²) in [7, 11) is 0. The molecule has 0 unspecified atom stereocenters. The summed E-state index contributed by atoms with van der Waals surface area (Å²) in [6.45, 7) is 2.80. The van der Waals surface area contributed by atoms with Gasteiger partial charge in [-0.05, 0) is 18.1 Å². The maximum Gasteiger partial charge on any atom is 0.433 e. The molecule has 0 radical (unpaired) electrons. The zero-order chi connectivity index (χ0) is 21.3. The molecule has 0 atom stereocenters. The lowest BCUT2D eigenvalue weighted by molar-refractivity contribution is -0.141. The van der Waals surface area contributed by atoms with E-state index in [1.165, 1.54) is 0 Å². The molecule has 0 aliphatic rings. The molecule has 0 aliphatic heterocycles. The van der Waals surface area contributed by atoms with E-state index in [9.17, 15) is 27.2 Å². The molecule has 0 fully saturated rings. The Hall–Kier alpha value is -3.44. The lowest BCUT2D eigenvalue weighted by atomic mass is 10.1. The fraction of sp³-hybridized carbons (Fsp3) is 0.294. The van der Waals surface area contributed by atoms with E-state index in [2.05, 4.69) is 25.4 Å². The smallest absolute Gasteiger partial charge is 0.293 e. The Labute approximate surface area is 160 Å². The highest BCUT2D eigenvalue weighted by molar-refractivity contribution is 5.89. The normalized spacial score (nSPS) is 11.8. The van der Waals surface area contributed by atoms with Crippen LogP contribution in [-0.4, -0.2) is 30.6 Å². The van der Waals surface area contributed by atoms with Gasteiger partial charge in [0.2, 0.25) is 11.9 Å². The Kier molecular flexibility index (Phi) is 5.27. The summed E-state index contributed by atoms with van der Waals surface area (Å²) in [4.78, 5) is 35.5. The highest BCUT2D eigenvalue weighted by Gasteiger charge is 2.33. The summed E-state index contributed by atoms with van der Waals surface area (Å²) in [5, 5.41) is 6.22. The van der Waals surface area contributed by atoms with Crippen molar-refractivity contribution < 1.29 is 22.4 Å². The molecule has 29 heavy (non-hydrogen) atoms. The Balaban J connectivity index is 2.00. The van der Waals surface area contributed by atoms with Crippen LogP contribution in [-0.2, 0) is 17.5 Å². The monoisotopic (exact) mass is 410 g/mol. The second-order valence-corrected chi connectivity index (χ2v) is 6.37. The number of anilines is 1. The second-order valence-electron chi connectivity index (χ2n) is 6.37. The largest absolute Gasteiger partial charge is 0.433 e. The molecule has 8 nitrogen and oxygen atoms in total. The third kappa shape index (κ3) is 4.36. The van der Waals surface area contributed by atoms with Crippen LogP contribution in [0.2, 0.25) is 0 Å². The van der Waals surface area contributed by atoms with Crippen molar-refractivity contribution in [2.24, 2.45) is 0 Å². The van der Waals surface area contributed by atoms with Crippen LogP contribution < -0.4 is 10.9 Å². The Bertz CT molecular complexity index is 1130. The van der Waals surface area contributed by atoms with E-state index >= 15 is 0 Å². The van der Waals surface area contributed by atoms with Gasteiger partial charge in [0, 0.05) is 0 Å². The standard InChI is InChI=1S/C17H14F4N6O2/c1-8(2)13-14-10(3-4-11(24-14)17(19,20)21)15(29)27(26-13)7-12(28)25-16-22-5-9(18)6-23-16/h3-6,8H,7H2,1-2H3,(H,22,23,25,28). The Morgan fingerprint density at radius 2 is 1.86 bits per heavy atom. The highest BCUT2D eigenvalue weighted by atomic mass is 19.4. The summed E-state index contributed by atoms with van der Waals surface area (Å²) in [6.07, 6.45) is -2.97. The maximum atomic E-state index is 13.0. The molecule has 0 spiro atoms. The number of hydrogen-bond donors (Lipinski definition) is 1. The summed E-state index contributed by atoms with van der Waals surface area (Å²) in [5.41, 5.74) is -1.95. The van der Waals surface area contributed by atoms with Gasteiger partial charge in [0.1, 0.15) is 17.8 Å². The van der Waals surface area contributed by atoms with Gasteiger partial charge in [0.25, 0.3) is 5.56 Å². The fourth-order valence-corrected chi connectivity index (χ4v) is 2.52. The van der Waals surface area contributed by atoms with Crippen molar-refractivity contribution in [2.45, 2.75) is 32.5 Å². The number of alkyl halides is 3. The number of nitrogens with zero attached hydrogens (tertiary/aromatic N) is 5. The number of rotatable bonds is 4. The average molecular weight is 410 g/mol. The molecule has 0 bridgehead atoms. The van der Waals surface area contributed by atoms with Crippen molar-refractivity contribution in [3.63, 3.8) is 0 Å². The number of carbonyl (C=O) groups excluding carboxylic acids is 1. The van der Waals surface area contributed by atoms with Gasteiger partial charge >= 0.3 is 6.18 Å². The number of hydrogen-bond acceptors (Lipinski definition) is 6. The number of carbonyl (C=O) groups is 1. The summed E-state index contributed by atoms with van der Waals surface area (Å²) >= 11 is 0. The van der Waals surface area contributed by atoms with E-state index in [0.29, 0.717) is 6.07 Å². The quantitative estimate of drug-likeness (QED) is 0.663. The zero-order valence-corrected chi connectivity index (χ0v) is 15.2. The topological polar surface area (TPSA) is 103 Å². The van der Waals surface area contributed by atoms with Gasteiger partial charge in [-0.3, -0.25) is 14.9 Å². The molecule has 3 aromatic rings. The van der Waals surface area contributed by atoms with Gasteiger partial charge < -0.3 is 0 Å². The van der Waals surface area contributed by atoms with Gasteiger partial charge in [-0.15, -0.1) is 0 Å². The molecule has 0 aliphatic carbocycles. The van der Waals surface area contributed by atoms with Crippen molar-refractivity contribution in [3.8, 4) is 0 Å². The molecule has 3 heterocycles. The van der Waals surface area contributed by atoms with Crippen LogP contribution in [0.25, 0.3) is 10.9 Å². The van der Waals surface area contributed by atoms with Crippen LogP contribution in [0.3, 0.4) is 0 Å². The van der Waals surface area contributed by atoms with Crippen LogP contribution in [0.5, 0.6) is 0 Å². The van der Waals surface area contributed by atoms with Crippen LogP contribution >= 0.6 is 0 Å². The fourth-order valence-electron chi connectivity index (χ4n) is 2.52. The van der Waals surface area contributed by atoms with Crippen LogP contribution in [0.1, 0.15) is 31.2 Å². The molecular formula is C17H14F4N6O2. The van der Waals surface area contributed by atoms with E-state index in [-0.39, 0.29) is 28.5 Å². The molecule has 0 saturated carbocycles. The van der Waals surface area contributed by atoms with Crippen molar-refractivity contribution in [1.82, 2.24) is 24.7 Å². The molecule has 0 aromatic carbocycles. The minimum atomic E-state index is -4.67. The third-order valence-electron chi connectivity index (χ3n) is 3.83. The zero-order valence-electron chi connectivity index (χ0n) is 15.2. The van der Waals surface area contributed by atoms with E-state index in [1.807, 2.05) is 0 Å². The maximum absolute atomic E-state index is 13.0. The van der Waals surface area contributed by atoms with Crippen molar-refractivity contribution >= 4 is 22.8 Å². The Morgan fingerprint density at radius 1 is 1.21 bits per heavy atom. The van der Waals surface area contributed by atoms with Gasteiger partial charge in [-0.2, -0.15) is 18.3 Å². The lowest BCUT2D eigenvalue weighted by Crippen LogP contribution is -2.31. The molecule has 1 amide bonds. The van der Waals surface area contributed by atoms with Gasteiger partial charge in [-0.25, -0.2) is 24.0 Å². The molecule has 1 N–H and O–H groups in total. The first-order chi connectivity index (χ1) is 13.6. The number of fused-ring (bicyclic) bond motifs is 1. The van der Waals surface area contributed by atoms with Crippen molar-refractivity contribution in [3.05, 3.63) is 52.1 Å². The van der Waals surface area contributed by atoms with Crippen LogP contribution in [0.4, 0.5) is 23.5 Å². The predicted molar refractivity (Wildman–Crippen MR) is 93.5 cm³/mol. The minimum absolute atomic E-state index is 0.0949. The van der Waals surface area contributed by atoms with Crippen molar-refractivity contribution in [2.75, 3.05) is 5.32 Å². The highest BCUT2D eigenvalue weighted by Crippen LogP contribution is 2.29. The predicted octanol–water partition coefficient (Wildman–Crippen LogP) is 2.50. The van der Waals surface area contributed by atoms with E-state index in [1.54, 1.807) is 13.8 Å². The van der Waals surface area contributed by atoms with Crippen LogP contribution in [0, 0.1) is 5.82 Å². The summed E-state index contributed by atoms with van der Waals surface area (Å²) in [5.74, 6) is -1.96. The third-order valence-corrected chi connectivity index (χ3v) is 3.83. The number of pyridine rings is 1. The average Bonchev–Trinajstić information content (AvgIpc) is 2.64. The van der Waals surface area contributed by atoms with Gasteiger partial charge in [0.15, 0.2) is 5.82 Å². The van der Waals surface area contributed by atoms with Crippen molar-refractivity contribution in [1.29, 1.82) is 0 Å². The first-order valence-corrected chi connectivity index (χ1v) is 8.32. The summed E-state index contributed by atoms with van der Waals surface area (Å²) < 4.78 is 52.6. The van der Waals surface area contributed by atoms with Gasteiger partial charge in [0.05, 0.1) is 23.5 Å². The second kappa shape index (κ2) is 7.53. The number of aromatic nitrogens is 5. The molecule has 152 valence electrons. The number of nitrogens with one attached hydrogen (secondary N) is 1. The summed E-state index contributed by atoms with van der Waals surface area (Å²) in [6, 6.07) is 1.71. The Morgan fingerprint density at radius 3 is 2.45 bits per heavy atom. The molecule has 3 aromatic heterocycles. The lowest BCUT2D eigenvalue weighted by Gasteiger charge is -2.14. The van der Waals surface area contributed by atoms with E-state index in [0.717, 1.165) is 23.1 Å². The molecule has 12 heteroatoms. The van der Waals surface area contributed by atoms with Crippen LogP contribution in [0.15, 0.2) is 29.3 Å². The number of halogens is 4. The van der Waals surface area contributed by atoms with Gasteiger partial charge in [-0.1, -0.05) is 13.8 Å². The first kappa shape index (κ1) is 20.3. The molecule has 0 saturated heterocycles. The van der Waals surface area contributed by atoms with E-state index in [4.69, 9.17) is 0 Å². The minimum Gasteiger partial charge on any atom is -0.293 e. The van der Waals surface area contributed by atoms with E-state index < -0.39 is 35.7 Å². The molecular weight excluding hydrogens is 396 g/mol. The SMILES string of the molecule is CC(C)c1nn(CC(=O)Nc2ncc(F)cn2)c(=O)c2ccc(C(F)(F)F)nc12. The first-order valence-electron chi connectivity index (χ1n) is 8.32.